The van der Waals surface area contributed by atoms with E-state index in [0.717, 1.165) is 18.2 Å². The third kappa shape index (κ3) is 9.05. The van der Waals surface area contributed by atoms with Crippen LogP contribution >= 0.6 is 12.4 Å². The van der Waals surface area contributed by atoms with Crippen LogP contribution in [-0.4, -0.2) is 36.5 Å². The second-order valence-corrected chi connectivity index (χ2v) is 3.49. The van der Waals surface area contributed by atoms with Crippen molar-refractivity contribution >= 4 is 18.1 Å². The number of halogens is 1. The molecular formula is C12H18ClNO7. The van der Waals surface area contributed by atoms with Gasteiger partial charge in [-0.05, 0) is 0 Å². The quantitative estimate of drug-likeness (QED) is 0.376. The molecule has 0 radical (unpaired) electrons. The van der Waals surface area contributed by atoms with E-state index in [1.807, 2.05) is 0 Å². The van der Waals surface area contributed by atoms with Crippen molar-refractivity contribution < 1.29 is 36.5 Å². The largest absolute Gasteiger partial charge is 0.508 e. The predicted molar refractivity (Wildman–Crippen MR) is 80.1 cm³/mol. The molecule has 0 saturated heterocycles. The molecule has 0 aliphatic heterocycles. The van der Waals surface area contributed by atoms with Crippen molar-refractivity contribution in [2.24, 2.45) is 0 Å². The minimum Gasteiger partial charge on any atom is -0.508 e. The summed E-state index contributed by atoms with van der Waals surface area (Å²) in [7, 11) is 0. The van der Waals surface area contributed by atoms with Crippen molar-refractivity contribution in [3.63, 3.8) is 0 Å². The maximum Gasteiger partial charge on any atom is 0.122 e. The summed E-state index contributed by atoms with van der Waals surface area (Å²) >= 11 is 0. The minimum atomic E-state index is -0.146. The van der Waals surface area contributed by atoms with Crippen LogP contribution in [0.3, 0.4) is 0 Å². The van der Waals surface area contributed by atoms with Gasteiger partial charge in [-0.15, -0.1) is 12.4 Å². The van der Waals surface area contributed by atoms with Crippen molar-refractivity contribution in [1.29, 1.82) is 0 Å². The van der Waals surface area contributed by atoms with Gasteiger partial charge in [0, 0.05) is 42.1 Å². The third-order valence-electron chi connectivity index (χ3n) is 1.81. The predicted octanol–water partition coefficient (Wildman–Crippen LogP) is 0.256. The van der Waals surface area contributed by atoms with E-state index in [-0.39, 0.29) is 52.1 Å². The van der Waals surface area contributed by atoms with Gasteiger partial charge in [0.2, 0.25) is 0 Å². The lowest BCUT2D eigenvalue weighted by atomic mass is 10.3. The Morgan fingerprint density at radius 2 is 0.714 bits per heavy atom. The molecule has 2 rings (SSSR count). The molecule has 0 spiro atoms. The van der Waals surface area contributed by atoms with Crippen molar-refractivity contribution in [1.82, 2.24) is 0 Å². The molecule has 8 nitrogen and oxygen atoms in total. The number of anilines is 1. The first kappa shape index (κ1) is 23.5. The summed E-state index contributed by atoms with van der Waals surface area (Å²) in [4.78, 5) is 0. The van der Waals surface area contributed by atoms with E-state index in [1.54, 1.807) is 0 Å². The Hall–Kier alpha value is -2.55. The first-order chi connectivity index (χ1) is 8.36. The molecule has 0 bridgehead atoms. The Bertz CT molecular complexity index is 401. The van der Waals surface area contributed by atoms with Gasteiger partial charge in [0.15, 0.2) is 0 Å². The molecular weight excluding hydrogens is 306 g/mol. The molecule has 0 fully saturated rings. The topological polar surface area (TPSA) is 190 Å². The molecule has 0 aromatic heterocycles. The Kier molecular flexibility index (Phi) is 11.5. The summed E-state index contributed by atoms with van der Waals surface area (Å²) < 4.78 is 0. The van der Waals surface area contributed by atoms with Crippen LogP contribution in [0.5, 0.6) is 28.7 Å². The van der Waals surface area contributed by atoms with E-state index in [1.165, 1.54) is 18.2 Å². The number of rotatable bonds is 0. The molecule has 120 valence electrons. The van der Waals surface area contributed by atoms with E-state index in [2.05, 4.69) is 0 Å². The van der Waals surface area contributed by atoms with Gasteiger partial charge in [-0.25, -0.2) is 0 Å². The van der Waals surface area contributed by atoms with E-state index >= 15 is 0 Å². The molecule has 2 aromatic carbocycles. The molecule has 0 amide bonds. The molecule has 0 aliphatic rings. The smallest absolute Gasteiger partial charge is 0.122 e. The van der Waals surface area contributed by atoms with Crippen LogP contribution in [0.25, 0.3) is 0 Å². The first-order valence-electron chi connectivity index (χ1n) is 4.87. The summed E-state index contributed by atoms with van der Waals surface area (Å²) in [6.45, 7) is 0. The molecule has 0 unspecified atom stereocenters. The van der Waals surface area contributed by atoms with Gasteiger partial charge in [-0.1, -0.05) is 0 Å². The van der Waals surface area contributed by atoms with Gasteiger partial charge in [0.05, 0.1) is 0 Å². The lowest BCUT2D eigenvalue weighted by molar-refractivity contribution is 0.428. The van der Waals surface area contributed by atoms with Crippen LogP contribution in [0.4, 0.5) is 5.69 Å². The van der Waals surface area contributed by atoms with Crippen molar-refractivity contribution in [2.75, 3.05) is 5.73 Å². The lowest BCUT2D eigenvalue weighted by Crippen LogP contribution is -1.81. The van der Waals surface area contributed by atoms with Crippen LogP contribution in [-0.2, 0) is 0 Å². The van der Waals surface area contributed by atoms with Crippen molar-refractivity contribution in [3.05, 3.63) is 36.4 Å². The van der Waals surface area contributed by atoms with E-state index in [0.29, 0.717) is 5.69 Å². The number of benzene rings is 2. The second kappa shape index (κ2) is 10.3. The molecule has 11 N–H and O–H groups in total. The van der Waals surface area contributed by atoms with Gasteiger partial charge in [-0.2, -0.15) is 0 Å². The summed E-state index contributed by atoms with van der Waals surface area (Å²) in [6.07, 6.45) is 0. The molecule has 0 saturated carbocycles. The standard InChI is InChI=1S/C6H7NO2.C6H6O3.ClH.2H2O/c2*7-4-1-5(8)3-6(9)2-4;;;/h1-3,8-9H,7H2;1-3,7-9H;1H;2*1H2. The minimum absolute atomic E-state index is 0. The van der Waals surface area contributed by atoms with E-state index in [9.17, 15) is 0 Å². The summed E-state index contributed by atoms with van der Waals surface area (Å²) in [5, 5.41) is 43.5. The Balaban J connectivity index is -0.000000270. The van der Waals surface area contributed by atoms with Gasteiger partial charge in [0.25, 0.3) is 0 Å². The summed E-state index contributed by atoms with van der Waals surface area (Å²) in [5.41, 5.74) is 5.59. The average Bonchev–Trinajstić information content (AvgIpc) is 2.12. The normalized spacial score (nSPS) is 8.00. The van der Waals surface area contributed by atoms with E-state index < -0.39 is 0 Å². The Labute approximate surface area is 126 Å². The van der Waals surface area contributed by atoms with Gasteiger partial charge in [-0.3, -0.25) is 0 Å². The Morgan fingerprint density at radius 3 is 0.905 bits per heavy atom. The maximum atomic E-state index is 8.75. The first-order valence-corrected chi connectivity index (χ1v) is 4.87. The van der Waals surface area contributed by atoms with Crippen LogP contribution in [0.15, 0.2) is 36.4 Å². The van der Waals surface area contributed by atoms with Crippen LogP contribution in [0.1, 0.15) is 0 Å². The second-order valence-electron chi connectivity index (χ2n) is 3.49. The van der Waals surface area contributed by atoms with Crippen molar-refractivity contribution in [2.45, 2.75) is 0 Å². The number of phenols is 5. The maximum absolute atomic E-state index is 8.75. The lowest BCUT2D eigenvalue weighted by Gasteiger charge is -1.95. The summed E-state index contributed by atoms with van der Waals surface area (Å²) in [6, 6.07) is 7.36. The molecule has 0 atom stereocenters. The molecule has 2 aromatic rings. The van der Waals surface area contributed by atoms with Crippen LogP contribution in [0, 0.1) is 0 Å². The highest BCUT2D eigenvalue weighted by Crippen LogP contribution is 2.24. The van der Waals surface area contributed by atoms with E-state index in [4.69, 9.17) is 31.3 Å². The highest BCUT2D eigenvalue weighted by molar-refractivity contribution is 5.85. The fourth-order valence-corrected chi connectivity index (χ4v) is 1.20. The fourth-order valence-electron chi connectivity index (χ4n) is 1.20. The van der Waals surface area contributed by atoms with Crippen LogP contribution in [0.2, 0.25) is 0 Å². The zero-order valence-electron chi connectivity index (χ0n) is 10.7. The highest BCUT2D eigenvalue weighted by Gasteiger charge is 1.94. The van der Waals surface area contributed by atoms with Gasteiger partial charge < -0.3 is 42.2 Å². The number of nitrogens with two attached hydrogens (primary N) is 1. The zero-order chi connectivity index (χ0) is 13.7. The molecule has 9 heteroatoms. The fraction of sp³-hybridized carbons (Fsp3) is 0. The monoisotopic (exact) mass is 323 g/mol. The highest BCUT2D eigenvalue weighted by atomic mass is 35.5. The number of phenolic OH excluding ortho intramolecular Hbond substituents is 5. The molecule has 21 heavy (non-hydrogen) atoms. The van der Waals surface area contributed by atoms with Gasteiger partial charge in [0.1, 0.15) is 28.7 Å². The number of aromatic hydroxyl groups is 5. The van der Waals surface area contributed by atoms with Crippen LogP contribution < -0.4 is 5.73 Å². The molecule has 0 heterocycles. The number of hydrogen-bond acceptors (Lipinski definition) is 6. The van der Waals surface area contributed by atoms with Gasteiger partial charge >= 0.3 is 0 Å². The third-order valence-corrected chi connectivity index (χ3v) is 1.81. The number of hydrogen-bond donors (Lipinski definition) is 6. The van der Waals surface area contributed by atoms with Crippen molar-refractivity contribution in [3.8, 4) is 28.7 Å². The average molecular weight is 324 g/mol. The SMILES string of the molecule is Cl.Nc1cc(O)cc(O)c1.O.O.Oc1cc(O)cc(O)c1. The summed E-state index contributed by atoms with van der Waals surface area (Å²) in [5.74, 6) is -0.479. The Morgan fingerprint density at radius 1 is 0.524 bits per heavy atom. The zero-order valence-corrected chi connectivity index (χ0v) is 11.5. The number of nitrogen functional groups attached to an aromatic ring is 1. The molecule has 0 aliphatic carbocycles.